The molecule has 0 saturated carbocycles. The highest BCUT2D eigenvalue weighted by atomic mass is 19.1. The van der Waals surface area contributed by atoms with Crippen LogP contribution in [0.2, 0.25) is 0 Å². The first-order valence-corrected chi connectivity index (χ1v) is 7.47. The van der Waals surface area contributed by atoms with Crippen LogP contribution in [0, 0.1) is 25.6 Å². The van der Waals surface area contributed by atoms with Crippen molar-refractivity contribution in [3.63, 3.8) is 0 Å². The summed E-state index contributed by atoms with van der Waals surface area (Å²) in [5.41, 5.74) is 5.30. The Morgan fingerprint density at radius 2 is 1.74 bits per heavy atom. The average molecular weight is 315 g/mol. The molecule has 0 bridgehead atoms. The van der Waals surface area contributed by atoms with Crippen LogP contribution in [0.1, 0.15) is 17.8 Å². The first-order chi connectivity index (χ1) is 11.0. The van der Waals surface area contributed by atoms with E-state index in [-0.39, 0.29) is 24.1 Å². The second-order valence-electron chi connectivity index (χ2n) is 5.81. The third kappa shape index (κ3) is 2.97. The predicted molar refractivity (Wildman–Crippen MR) is 85.1 cm³/mol. The van der Waals surface area contributed by atoms with Crippen molar-refractivity contribution < 1.29 is 14.0 Å². The van der Waals surface area contributed by atoms with Gasteiger partial charge in [-0.25, -0.2) is 4.39 Å². The molecule has 1 aromatic heterocycles. The van der Waals surface area contributed by atoms with Gasteiger partial charge in [-0.05, 0) is 50.2 Å². The minimum atomic E-state index is -0.422. The number of aromatic nitrogens is 1. The van der Waals surface area contributed by atoms with Gasteiger partial charge in [0.1, 0.15) is 5.82 Å². The number of benzene rings is 1. The van der Waals surface area contributed by atoms with E-state index < -0.39 is 5.92 Å². The van der Waals surface area contributed by atoms with E-state index in [0.717, 1.165) is 11.4 Å². The third-order valence-electron chi connectivity index (χ3n) is 4.13. The van der Waals surface area contributed by atoms with Gasteiger partial charge in [0.05, 0.1) is 5.92 Å². The fourth-order valence-electron chi connectivity index (χ4n) is 2.80. The summed E-state index contributed by atoms with van der Waals surface area (Å²) in [4.78, 5) is 26.1. The van der Waals surface area contributed by atoms with E-state index in [4.69, 9.17) is 0 Å². The Bertz CT molecular complexity index is 732. The van der Waals surface area contributed by atoms with E-state index in [1.54, 1.807) is 16.8 Å². The van der Waals surface area contributed by atoms with Crippen LogP contribution in [0.25, 0.3) is 0 Å². The summed E-state index contributed by atoms with van der Waals surface area (Å²) in [6.45, 7) is 4.10. The number of halogens is 1. The zero-order chi connectivity index (χ0) is 16.6. The summed E-state index contributed by atoms with van der Waals surface area (Å²) < 4.78 is 14.7. The van der Waals surface area contributed by atoms with Gasteiger partial charge in [-0.3, -0.25) is 19.7 Å². The highest BCUT2D eigenvalue weighted by Gasteiger charge is 2.35. The van der Waals surface area contributed by atoms with Gasteiger partial charge < -0.3 is 4.90 Å². The van der Waals surface area contributed by atoms with Crippen LogP contribution in [0.5, 0.6) is 0 Å². The van der Waals surface area contributed by atoms with Crippen LogP contribution >= 0.6 is 0 Å². The standard InChI is InChI=1S/C17H18FN3O2/c1-11-3-4-12(2)21(11)19-17(23)13-9-16(22)20(10-13)15-7-5-14(18)6-8-15/h3-8,13H,9-10H2,1-2H3,(H,19,23). The zero-order valence-corrected chi connectivity index (χ0v) is 13.0. The predicted octanol–water partition coefficient (Wildman–Crippen LogP) is 2.37. The lowest BCUT2D eigenvalue weighted by molar-refractivity contribution is -0.123. The molecule has 0 radical (unpaired) electrons. The molecule has 1 aliphatic rings. The van der Waals surface area contributed by atoms with Crippen molar-refractivity contribution in [3.8, 4) is 0 Å². The lowest BCUT2D eigenvalue weighted by Crippen LogP contribution is -2.32. The van der Waals surface area contributed by atoms with Crippen molar-refractivity contribution in [2.24, 2.45) is 5.92 Å². The molecule has 5 nitrogen and oxygen atoms in total. The molecule has 2 heterocycles. The molecule has 1 N–H and O–H groups in total. The average Bonchev–Trinajstić information content (AvgIpc) is 3.05. The number of anilines is 1. The summed E-state index contributed by atoms with van der Waals surface area (Å²) >= 11 is 0. The van der Waals surface area contributed by atoms with Crippen molar-refractivity contribution in [1.29, 1.82) is 0 Å². The summed E-state index contributed by atoms with van der Waals surface area (Å²) in [5, 5.41) is 0. The van der Waals surface area contributed by atoms with Gasteiger partial charge in [-0.1, -0.05) is 0 Å². The number of hydrogen-bond donors (Lipinski definition) is 1. The molecule has 6 heteroatoms. The Morgan fingerprint density at radius 1 is 1.13 bits per heavy atom. The Balaban J connectivity index is 1.72. The van der Waals surface area contributed by atoms with Gasteiger partial charge in [-0.2, -0.15) is 0 Å². The lowest BCUT2D eigenvalue weighted by atomic mass is 10.1. The molecule has 1 fully saturated rings. The molecule has 0 aliphatic carbocycles. The second kappa shape index (κ2) is 5.87. The van der Waals surface area contributed by atoms with Crippen LogP contribution in [0.15, 0.2) is 36.4 Å². The van der Waals surface area contributed by atoms with Gasteiger partial charge in [0.25, 0.3) is 0 Å². The van der Waals surface area contributed by atoms with Gasteiger partial charge in [0.15, 0.2) is 0 Å². The molecule has 1 unspecified atom stereocenters. The first-order valence-electron chi connectivity index (χ1n) is 7.47. The van der Waals surface area contributed by atoms with Crippen molar-refractivity contribution in [2.45, 2.75) is 20.3 Å². The van der Waals surface area contributed by atoms with Crippen LogP contribution in [-0.2, 0) is 9.59 Å². The topological polar surface area (TPSA) is 54.3 Å². The number of carbonyl (C=O) groups is 2. The Labute approximate surface area is 133 Å². The summed E-state index contributed by atoms with van der Waals surface area (Å²) in [6.07, 6.45) is 0.155. The monoisotopic (exact) mass is 315 g/mol. The number of hydrogen-bond acceptors (Lipinski definition) is 2. The molecular formula is C17H18FN3O2. The molecule has 1 atom stereocenters. The number of nitrogens with one attached hydrogen (secondary N) is 1. The smallest absolute Gasteiger partial charge is 0.244 e. The Hall–Kier alpha value is -2.63. The number of nitrogens with zero attached hydrogens (tertiary/aromatic N) is 2. The summed E-state index contributed by atoms with van der Waals surface area (Å²) in [6, 6.07) is 9.55. The molecule has 1 saturated heterocycles. The molecule has 120 valence electrons. The maximum Gasteiger partial charge on any atom is 0.244 e. The molecular weight excluding hydrogens is 297 g/mol. The number of carbonyl (C=O) groups excluding carboxylic acids is 2. The molecule has 2 aromatic rings. The number of rotatable bonds is 3. The quantitative estimate of drug-likeness (QED) is 0.945. The summed E-state index contributed by atoms with van der Waals surface area (Å²) in [7, 11) is 0. The number of aryl methyl sites for hydroxylation is 2. The van der Waals surface area contributed by atoms with E-state index >= 15 is 0 Å². The van der Waals surface area contributed by atoms with Gasteiger partial charge in [0, 0.05) is 30.0 Å². The molecule has 1 aromatic carbocycles. The normalized spacial score (nSPS) is 17.6. The first kappa shape index (κ1) is 15.3. The molecule has 23 heavy (non-hydrogen) atoms. The van der Waals surface area contributed by atoms with Crippen LogP contribution in [0.3, 0.4) is 0 Å². The third-order valence-corrected chi connectivity index (χ3v) is 4.13. The van der Waals surface area contributed by atoms with Crippen LogP contribution < -0.4 is 10.3 Å². The molecule has 1 aliphatic heterocycles. The van der Waals surface area contributed by atoms with Crippen molar-refractivity contribution in [2.75, 3.05) is 16.9 Å². The largest absolute Gasteiger partial charge is 0.312 e. The van der Waals surface area contributed by atoms with E-state index in [1.807, 2.05) is 26.0 Å². The Kier molecular flexibility index (Phi) is 3.90. The Morgan fingerprint density at radius 3 is 2.35 bits per heavy atom. The zero-order valence-electron chi connectivity index (χ0n) is 13.0. The fourth-order valence-corrected chi connectivity index (χ4v) is 2.80. The van der Waals surface area contributed by atoms with Crippen molar-refractivity contribution in [3.05, 3.63) is 53.6 Å². The van der Waals surface area contributed by atoms with Gasteiger partial charge in [0.2, 0.25) is 11.8 Å². The minimum absolute atomic E-state index is 0.127. The van der Waals surface area contributed by atoms with Crippen LogP contribution in [-0.4, -0.2) is 23.0 Å². The fraction of sp³-hybridized carbons (Fsp3) is 0.294. The van der Waals surface area contributed by atoms with Crippen molar-refractivity contribution in [1.82, 2.24) is 4.68 Å². The highest BCUT2D eigenvalue weighted by molar-refractivity contribution is 6.01. The van der Waals surface area contributed by atoms with E-state index in [0.29, 0.717) is 12.2 Å². The number of amides is 2. The van der Waals surface area contributed by atoms with Crippen molar-refractivity contribution >= 4 is 17.5 Å². The van der Waals surface area contributed by atoms with Gasteiger partial charge in [-0.15, -0.1) is 0 Å². The van der Waals surface area contributed by atoms with E-state index in [2.05, 4.69) is 5.43 Å². The van der Waals surface area contributed by atoms with Crippen LogP contribution in [0.4, 0.5) is 10.1 Å². The molecule has 0 spiro atoms. The lowest BCUT2D eigenvalue weighted by Gasteiger charge is -2.17. The maximum atomic E-state index is 13.0. The maximum absolute atomic E-state index is 13.0. The van der Waals surface area contributed by atoms with Gasteiger partial charge >= 0.3 is 0 Å². The van der Waals surface area contributed by atoms with E-state index in [9.17, 15) is 14.0 Å². The highest BCUT2D eigenvalue weighted by Crippen LogP contribution is 2.25. The minimum Gasteiger partial charge on any atom is -0.312 e. The molecule has 3 rings (SSSR count). The van der Waals surface area contributed by atoms with E-state index in [1.165, 1.54) is 17.0 Å². The molecule has 2 amide bonds. The SMILES string of the molecule is Cc1ccc(C)n1NC(=O)C1CC(=O)N(c2ccc(F)cc2)C1. The summed E-state index contributed by atoms with van der Waals surface area (Å²) in [5.74, 6) is -1.09. The second-order valence-corrected chi connectivity index (χ2v) is 5.81.